The Morgan fingerprint density at radius 2 is 1.59 bits per heavy atom. The van der Waals surface area contributed by atoms with Crippen molar-refractivity contribution in [1.82, 2.24) is 10.2 Å². The molecule has 0 bridgehead atoms. The van der Waals surface area contributed by atoms with Crippen LogP contribution >= 0.6 is 0 Å². The molecule has 1 aromatic carbocycles. The summed E-state index contributed by atoms with van der Waals surface area (Å²) in [6.07, 6.45) is 0. The normalized spacial score (nSPS) is 11.0. The molecule has 0 radical (unpaired) electrons. The van der Waals surface area contributed by atoms with Gasteiger partial charge in [-0.25, -0.2) is 4.39 Å². The third kappa shape index (κ3) is 4.06. The standard InChI is InChI=1S/C17H25FN2O2/c1-10(2)20(11(3)4)17(22)16(21)19-9-14-12(5)7-8-13(6)15(14)18/h7-8,10-11H,9H2,1-6H3,(H,19,21). The van der Waals surface area contributed by atoms with E-state index in [2.05, 4.69) is 5.32 Å². The molecule has 22 heavy (non-hydrogen) atoms. The van der Waals surface area contributed by atoms with Crippen molar-refractivity contribution >= 4 is 11.8 Å². The summed E-state index contributed by atoms with van der Waals surface area (Å²) in [5.41, 5.74) is 1.69. The number of halogens is 1. The van der Waals surface area contributed by atoms with Crippen LogP contribution in [0.1, 0.15) is 44.4 Å². The highest BCUT2D eigenvalue weighted by Crippen LogP contribution is 2.16. The number of hydrogen-bond acceptors (Lipinski definition) is 2. The highest BCUT2D eigenvalue weighted by atomic mass is 19.1. The lowest BCUT2D eigenvalue weighted by molar-refractivity contribution is -0.148. The minimum absolute atomic E-state index is 0.00789. The first-order chi connectivity index (χ1) is 10.2. The summed E-state index contributed by atoms with van der Waals surface area (Å²) in [5.74, 6) is -1.63. The number of amides is 2. The van der Waals surface area contributed by atoms with E-state index in [-0.39, 0.29) is 24.4 Å². The van der Waals surface area contributed by atoms with Gasteiger partial charge in [0.15, 0.2) is 0 Å². The molecular weight excluding hydrogens is 283 g/mol. The molecule has 0 aliphatic heterocycles. The smallest absolute Gasteiger partial charge is 0.312 e. The van der Waals surface area contributed by atoms with Crippen LogP contribution in [0.4, 0.5) is 4.39 Å². The lowest BCUT2D eigenvalue weighted by atomic mass is 10.0. The van der Waals surface area contributed by atoms with Crippen LogP contribution in [0, 0.1) is 19.7 Å². The second-order valence-electron chi connectivity index (χ2n) is 6.07. The lowest BCUT2D eigenvalue weighted by Gasteiger charge is -2.30. The van der Waals surface area contributed by atoms with E-state index in [1.54, 1.807) is 26.0 Å². The Kier molecular flexibility index (Phi) is 6.09. The summed E-state index contributed by atoms with van der Waals surface area (Å²) >= 11 is 0. The van der Waals surface area contributed by atoms with Gasteiger partial charge in [0, 0.05) is 24.2 Å². The van der Waals surface area contributed by atoms with E-state index in [1.165, 1.54) is 4.90 Å². The molecule has 0 atom stereocenters. The van der Waals surface area contributed by atoms with E-state index in [1.807, 2.05) is 27.7 Å². The van der Waals surface area contributed by atoms with Gasteiger partial charge in [-0.05, 0) is 52.7 Å². The fourth-order valence-electron chi connectivity index (χ4n) is 2.48. The Bertz CT molecular complexity index is 560. The first kappa shape index (κ1) is 18.1. The summed E-state index contributed by atoms with van der Waals surface area (Å²) in [4.78, 5) is 25.8. The molecule has 4 nitrogen and oxygen atoms in total. The highest BCUT2D eigenvalue weighted by molar-refractivity contribution is 6.35. The zero-order chi connectivity index (χ0) is 17.0. The average molecular weight is 308 g/mol. The molecule has 0 saturated heterocycles. The summed E-state index contributed by atoms with van der Waals surface area (Å²) in [6, 6.07) is 3.35. The van der Waals surface area contributed by atoms with Crippen molar-refractivity contribution in [2.45, 2.75) is 60.2 Å². The van der Waals surface area contributed by atoms with Crippen LogP contribution in [0.2, 0.25) is 0 Å². The Hall–Kier alpha value is -1.91. The summed E-state index contributed by atoms with van der Waals surface area (Å²) in [5, 5.41) is 2.53. The number of hydrogen-bond donors (Lipinski definition) is 1. The van der Waals surface area contributed by atoms with Gasteiger partial charge in [-0.1, -0.05) is 12.1 Å². The van der Waals surface area contributed by atoms with E-state index in [9.17, 15) is 14.0 Å². The number of rotatable bonds is 4. The SMILES string of the molecule is Cc1ccc(C)c(CNC(=O)C(=O)N(C(C)C)C(C)C)c1F. The van der Waals surface area contributed by atoms with Crippen molar-refractivity contribution in [1.29, 1.82) is 0 Å². The van der Waals surface area contributed by atoms with Crippen LogP contribution in [0.25, 0.3) is 0 Å². The van der Waals surface area contributed by atoms with Crippen LogP contribution in [0.15, 0.2) is 12.1 Å². The van der Waals surface area contributed by atoms with Crippen molar-refractivity contribution in [3.05, 3.63) is 34.6 Å². The molecule has 0 aliphatic carbocycles. The van der Waals surface area contributed by atoms with Crippen LogP contribution in [-0.2, 0) is 16.1 Å². The minimum Gasteiger partial charge on any atom is -0.344 e. The molecule has 1 N–H and O–H groups in total. The minimum atomic E-state index is -0.706. The molecule has 0 saturated carbocycles. The molecule has 0 aromatic heterocycles. The topological polar surface area (TPSA) is 49.4 Å². The molecule has 0 heterocycles. The summed E-state index contributed by atoms with van der Waals surface area (Å²) < 4.78 is 14.1. The lowest BCUT2D eigenvalue weighted by Crippen LogP contribution is -2.49. The molecule has 122 valence electrons. The largest absolute Gasteiger partial charge is 0.344 e. The molecule has 1 aromatic rings. The number of benzene rings is 1. The van der Waals surface area contributed by atoms with Crippen molar-refractivity contribution in [3.8, 4) is 0 Å². The molecular formula is C17H25FN2O2. The fraction of sp³-hybridized carbons (Fsp3) is 0.529. The van der Waals surface area contributed by atoms with Gasteiger partial charge < -0.3 is 10.2 Å². The zero-order valence-corrected chi connectivity index (χ0v) is 14.2. The maximum Gasteiger partial charge on any atom is 0.312 e. The molecule has 5 heteroatoms. The van der Waals surface area contributed by atoms with E-state index >= 15 is 0 Å². The second kappa shape index (κ2) is 7.38. The Labute approximate surface area is 131 Å². The molecule has 1 rings (SSSR count). The Balaban J connectivity index is 2.83. The monoisotopic (exact) mass is 308 g/mol. The number of carbonyl (C=O) groups excluding carboxylic acids is 2. The van der Waals surface area contributed by atoms with Crippen molar-refractivity contribution in [2.24, 2.45) is 0 Å². The first-order valence-electron chi connectivity index (χ1n) is 7.51. The van der Waals surface area contributed by atoms with Gasteiger partial charge in [0.25, 0.3) is 0 Å². The highest BCUT2D eigenvalue weighted by Gasteiger charge is 2.26. The zero-order valence-electron chi connectivity index (χ0n) is 14.2. The predicted octanol–water partition coefficient (Wildman–Crippen LogP) is 2.70. The van der Waals surface area contributed by atoms with Crippen LogP contribution in [-0.4, -0.2) is 28.8 Å². The quantitative estimate of drug-likeness (QED) is 0.870. The number of aryl methyl sites for hydroxylation is 2. The van der Waals surface area contributed by atoms with E-state index in [4.69, 9.17) is 0 Å². The number of carbonyl (C=O) groups is 2. The number of nitrogens with one attached hydrogen (secondary N) is 1. The van der Waals surface area contributed by atoms with Gasteiger partial charge in [-0.15, -0.1) is 0 Å². The Morgan fingerprint density at radius 3 is 2.09 bits per heavy atom. The molecule has 0 spiro atoms. The summed E-state index contributed by atoms with van der Waals surface area (Å²) in [7, 11) is 0. The Morgan fingerprint density at radius 1 is 1.09 bits per heavy atom. The van der Waals surface area contributed by atoms with Gasteiger partial charge in [0.05, 0.1) is 0 Å². The predicted molar refractivity (Wildman–Crippen MR) is 84.8 cm³/mol. The van der Waals surface area contributed by atoms with Gasteiger partial charge in [-0.3, -0.25) is 9.59 Å². The third-order valence-electron chi connectivity index (χ3n) is 3.64. The fourth-order valence-corrected chi connectivity index (χ4v) is 2.48. The van der Waals surface area contributed by atoms with Crippen molar-refractivity contribution in [2.75, 3.05) is 0 Å². The maximum absolute atomic E-state index is 14.1. The second-order valence-corrected chi connectivity index (χ2v) is 6.07. The van der Waals surface area contributed by atoms with Crippen molar-refractivity contribution in [3.63, 3.8) is 0 Å². The van der Waals surface area contributed by atoms with E-state index in [0.29, 0.717) is 11.1 Å². The summed E-state index contributed by atoms with van der Waals surface area (Å²) in [6.45, 7) is 10.9. The average Bonchev–Trinajstić information content (AvgIpc) is 2.41. The van der Waals surface area contributed by atoms with Gasteiger partial charge >= 0.3 is 11.8 Å². The maximum atomic E-state index is 14.1. The van der Waals surface area contributed by atoms with Gasteiger partial charge in [-0.2, -0.15) is 0 Å². The molecule has 0 aliphatic rings. The van der Waals surface area contributed by atoms with E-state index in [0.717, 1.165) is 5.56 Å². The van der Waals surface area contributed by atoms with E-state index < -0.39 is 11.8 Å². The molecule has 0 unspecified atom stereocenters. The third-order valence-corrected chi connectivity index (χ3v) is 3.64. The van der Waals surface area contributed by atoms with Gasteiger partial charge in [0.1, 0.15) is 5.82 Å². The van der Waals surface area contributed by atoms with Crippen LogP contribution in [0.3, 0.4) is 0 Å². The first-order valence-corrected chi connectivity index (χ1v) is 7.51. The van der Waals surface area contributed by atoms with Gasteiger partial charge in [0.2, 0.25) is 0 Å². The van der Waals surface area contributed by atoms with Crippen LogP contribution in [0.5, 0.6) is 0 Å². The molecule has 0 fully saturated rings. The molecule has 2 amide bonds. The number of nitrogens with zero attached hydrogens (tertiary/aromatic N) is 1. The van der Waals surface area contributed by atoms with Crippen LogP contribution < -0.4 is 5.32 Å². The van der Waals surface area contributed by atoms with Crippen molar-refractivity contribution < 1.29 is 14.0 Å².